The average molecular weight is 264 g/mol. The molecule has 1 aliphatic carbocycles. The molecule has 1 aromatic rings. The van der Waals surface area contributed by atoms with Crippen LogP contribution in [0.1, 0.15) is 36.6 Å². The first-order chi connectivity index (χ1) is 9.28. The Labute approximate surface area is 114 Å². The van der Waals surface area contributed by atoms with Crippen LogP contribution in [0, 0.1) is 0 Å². The summed E-state index contributed by atoms with van der Waals surface area (Å²) in [5, 5.41) is 17.3. The van der Waals surface area contributed by atoms with Crippen molar-refractivity contribution in [1.29, 1.82) is 0 Å². The number of hydrogen-bond donors (Lipinski definition) is 2. The second-order valence-corrected chi connectivity index (χ2v) is 5.85. The molecule has 1 aromatic heterocycles. The Morgan fingerprint density at radius 2 is 2.37 bits per heavy atom. The second kappa shape index (κ2) is 5.61. The van der Waals surface area contributed by atoms with E-state index in [4.69, 9.17) is 5.11 Å². The first kappa shape index (κ1) is 13.1. The van der Waals surface area contributed by atoms with Crippen molar-refractivity contribution in [2.45, 2.75) is 44.3 Å². The molecular weight excluding hydrogens is 240 g/mol. The normalized spacial score (nSPS) is 27.7. The lowest BCUT2D eigenvalue weighted by molar-refractivity contribution is 0.266. The number of aromatic nitrogens is 2. The number of fused-ring (bicyclic) bond motifs is 1. The first-order valence-electron chi connectivity index (χ1n) is 7.38. The van der Waals surface area contributed by atoms with Crippen LogP contribution in [0.15, 0.2) is 6.20 Å². The SMILES string of the molecule is CN1CCC(NC2CCCc3c2cnn3CCO)C1. The molecule has 2 aliphatic rings. The van der Waals surface area contributed by atoms with Gasteiger partial charge in [-0.3, -0.25) is 4.68 Å². The zero-order valence-electron chi connectivity index (χ0n) is 11.7. The molecule has 1 fully saturated rings. The lowest BCUT2D eigenvalue weighted by atomic mass is 9.92. The maximum atomic E-state index is 9.08. The van der Waals surface area contributed by atoms with Crippen LogP contribution in [-0.2, 0) is 13.0 Å². The van der Waals surface area contributed by atoms with Crippen molar-refractivity contribution in [3.8, 4) is 0 Å². The summed E-state index contributed by atoms with van der Waals surface area (Å²) in [4.78, 5) is 2.39. The third-order valence-corrected chi connectivity index (χ3v) is 4.40. The predicted octanol–water partition coefficient (Wildman–Crippen LogP) is 0.546. The molecule has 19 heavy (non-hydrogen) atoms. The van der Waals surface area contributed by atoms with Gasteiger partial charge in [-0.05, 0) is 39.3 Å². The van der Waals surface area contributed by atoms with Gasteiger partial charge in [-0.2, -0.15) is 5.10 Å². The third kappa shape index (κ3) is 2.68. The second-order valence-electron chi connectivity index (χ2n) is 5.85. The number of nitrogens with one attached hydrogen (secondary N) is 1. The smallest absolute Gasteiger partial charge is 0.0644 e. The van der Waals surface area contributed by atoms with Crippen molar-refractivity contribution in [3.05, 3.63) is 17.5 Å². The Bertz CT molecular complexity index is 431. The minimum atomic E-state index is 0.166. The monoisotopic (exact) mass is 264 g/mol. The fraction of sp³-hybridized carbons (Fsp3) is 0.786. The van der Waals surface area contributed by atoms with Crippen LogP contribution in [0.2, 0.25) is 0 Å². The summed E-state index contributed by atoms with van der Waals surface area (Å²) in [6, 6.07) is 1.06. The predicted molar refractivity (Wildman–Crippen MR) is 74.0 cm³/mol. The summed E-state index contributed by atoms with van der Waals surface area (Å²) < 4.78 is 1.98. The standard InChI is InChI=1S/C14H24N4O/c1-17-6-5-11(10-17)16-13-3-2-4-14-12(13)9-15-18(14)7-8-19/h9,11,13,16,19H,2-8,10H2,1H3. The van der Waals surface area contributed by atoms with Crippen LogP contribution in [0.3, 0.4) is 0 Å². The van der Waals surface area contributed by atoms with Gasteiger partial charge in [-0.15, -0.1) is 0 Å². The highest BCUT2D eigenvalue weighted by Gasteiger charge is 2.28. The topological polar surface area (TPSA) is 53.3 Å². The molecule has 0 spiro atoms. The zero-order chi connectivity index (χ0) is 13.2. The van der Waals surface area contributed by atoms with Crippen molar-refractivity contribution < 1.29 is 5.11 Å². The first-order valence-corrected chi connectivity index (χ1v) is 7.38. The van der Waals surface area contributed by atoms with Crippen LogP contribution >= 0.6 is 0 Å². The van der Waals surface area contributed by atoms with Gasteiger partial charge in [0.15, 0.2) is 0 Å². The Kier molecular flexibility index (Phi) is 3.86. The van der Waals surface area contributed by atoms with E-state index < -0.39 is 0 Å². The van der Waals surface area contributed by atoms with E-state index in [0.717, 1.165) is 13.0 Å². The molecule has 1 aliphatic heterocycles. The minimum Gasteiger partial charge on any atom is -0.394 e. The van der Waals surface area contributed by atoms with E-state index in [1.807, 2.05) is 10.9 Å². The van der Waals surface area contributed by atoms with Crippen molar-refractivity contribution in [2.75, 3.05) is 26.7 Å². The van der Waals surface area contributed by atoms with Crippen molar-refractivity contribution in [3.63, 3.8) is 0 Å². The fourth-order valence-corrected chi connectivity index (χ4v) is 3.43. The summed E-state index contributed by atoms with van der Waals surface area (Å²) in [6.07, 6.45) is 6.76. The molecule has 3 rings (SSSR count). The molecule has 0 saturated carbocycles. The van der Waals surface area contributed by atoms with Gasteiger partial charge in [0, 0.05) is 29.9 Å². The molecule has 0 aromatic carbocycles. The number of likely N-dealkylation sites (tertiary alicyclic amines) is 1. The van der Waals surface area contributed by atoms with Crippen LogP contribution in [0.4, 0.5) is 0 Å². The van der Waals surface area contributed by atoms with E-state index in [1.165, 1.54) is 37.1 Å². The summed E-state index contributed by atoms with van der Waals surface area (Å²) in [6.45, 7) is 3.13. The van der Waals surface area contributed by atoms with E-state index in [1.54, 1.807) is 0 Å². The molecule has 5 heteroatoms. The average Bonchev–Trinajstić information content (AvgIpc) is 2.98. The molecule has 0 amide bonds. The van der Waals surface area contributed by atoms with Gasteiger partial charge >= 0.3 is 0 Å². The fourth-order valence-electron chi connectivity index (χ4n) is 3.43. The molecule has 1 saturated heterocycles. The van der Waals surface area contributed by atoms with Crippen LogP contribution in [0.5, 0.6) is 0 Å². The van der Waals surface area contributed by atoms with Gasteiger partial charge in [0.25, 0.3) is 0 Å². The number of nitrogens with zero attached hydrogens (tertiary/aromatic N) is 3. The maximum Gasteiger partial charge on any atom is 0.0644 e. The molecule has 2 N–H and O–H groups in total. The Balaban J connectivity index is 1.71. The zero-order valence-corrected chi connectivity index (χ0v) is 11.7. The van der Waals surface area contributed by atoms with E-state index in [9.17, 15) is 0 Å². The van der Waals surface area contributed by atoms with Crippen LogP contribution < -0.4 is 5.32 Å². The van der Waals surface area contributed by atoms with Gasteiger partial charge < -0.3 is 15.3 Å². The van der Waals surface area contributed by atoms with E-state index in [0.29, 0.717) is 18.6 Å². The Hall–Kier alpha value is -0.910. The van der Waals surface area contributed by atoms with E-state index >= 15 is 0 Å². The van der Waals surface area contributed by atoms with Crippen molar-refractivity contribution in [1.82, 2.24) is 20.0 Å². The van der Waals surface area contributed by atoms with Crippen LogP contribution in [-0.4, -0.2) is 52.6 Å². The van der Waals surface area contributed by atoms with Gasteiger partial charge in [0.1, 0.15) is 0 Å². The highest BCUT2D eigenvalue weighted by Crippen LogP contribution is 2.30. The third-order valence-electron chi connectivity index (χ3n) is 4.40. The molecule has 2 unspecified atom stereocenters. The molecule has 106 valence electrons. The number of aliphatic hydroxyl groups excluding tert-OH is 1. The summed E-state index contributed by atoms with van der Waals surface area (Å²) in [7, 11) is 2.19. The van der Waals surface area contributed by atoms with Crippen LogP contribution in [0.25, 0.3) is 0 Å². The summed E-state index contributed by atoms with van der Waals surface area (Å²) >= 11 is 0. The van der Waals surface area contributed by atoms with Gasteiger partial charge in [0.2, 0.25) is 0 Å². The van der Waals surface area contributed by atoms with Crippen molar-refractivity contribution >= 4 is 0 Å². The highest BCUT2D eigenvalue weighted by molar-refractivity contribution is 5.25. The van der Waals surface area contributed by atoms with E-state index in [2.05, 4.69) is 22.4 Å². The number of hydrogen-bond acceptors (Lipinski definition) is 4. The number of aliphatic hydroxyl groups is 1. The largest absolute Gasteiger partial charge is 0.394 e. The van der Waals surface area contributed by atoms with E-state index in [-0.39, 0.29) is 6.61 Å². The van der Waals surface area contributed by atoms with Gasteiger partial charge in [-0.25, -0.2) is 0 Å². The molecule has 5 nitrogen and oxygen atoms in total. The maximum absolute atomic E-state index is 9.08. The van der Waals surface area contributed by atoms with Crippen molar-refractivity contribution in [2.24, 2.45) is 0 Å². The Morgan fingerprint density at radius 1 is 1.47 bits per heavy atom. The number of likely N-dealkylation sites (N-methyl/N-ethyl adjacent to an activating group) is 1. The Morgan fingerprint density at radius 3 is 3.11 bits per heavy atom. The van der Waals surface area contributed by atoms with Gasteiger partial charge in [-0.1, -0.05) is 0 Å². The lowest BCUT2D eigenvalue weighted by Crippen LogP contribution is -2.36. The quantitative estimate of drug-likeness (QED) is 0.834. The summed E-state index contributed by atoms with van der Waals surface area (Å²) in [5.41, 5.74) is 2.68. The molecule has 0 bridgehead atoms. The summed E-state index contributed by atoms with van der Waals surface area (Å²) in [5.74, 6) is 0. The van der Waals surface area contributed by atoms with Gasteiger partial charge in [0.05, 0.1) is 19.3 Å². The highest BCUT2D eigenvalue weighted by atomic mass is 16.3. The lowest BCUT2D eigenvalue weighted by Gasteiger charge is -2.27. The molecule has 2 atom stereocenters. The molecule has 0 radical (unpaired) electrons. The number of rotatable bonds is 4. The minimum absolute atomic E-state index is 0.166. The molecular formula is C14H24N4O. The molecule has 2 heterocycles.